The van der Waals surface area contributed by atoms with Crippen LogP contribution in [0.4, 0.5) is 11.4 Å². The first-order valence-corrected chi connectivity index (χ1v) is 10.5. The van der Waals surface area contributed by atoms with E-state index in [-0.39, 0.29) is 43.3 Å². The second-order valence-corrected chi connectivity index (χ2v) is 8.41. The largest absolute Gasteiger partial charge is 0.482 e. The molecule has 0 spiro atoms. The Hall–Kier alpha value is -3.61. The molecule has 0 unspecified atom stereocenters. The first-order chi connectivity index (χ1) is 15.3. The molecule has 0 atom stereocenters. The SMILES string of the molecule is CN1/C(=C\C(=O)COC(=O)CCN2C(=O)COc3ccccc32)C(C)(C)c2ccccc21. The van der Waals surface area contributed by atoms with Crippen LogP contribution < -0.4 is 14.5 Å². The summed E-state index contributed by atoms with van der Waals surface area (Å²) in [5, 5.41) is 0. The number of carbonyl (C=O) groups excluding carboxylic acids is 3. The van der Waals surface area contributed by atoms with Crippen molar-refractivity contribution in [3.63, 3.8) is 0 Å². The van der Waals surface area contributed by atoms with Crippen LogP contribution in [0.1, 0.15) is 25.8 Å². The van der Waals surface area contributed by atoms with Crippen molar-refractivity contribution >= 4 is 29.0 Å². The summed E-state index contributed by atoms with van der Waals surface area (Å²) in [6.07, 6.45) is 1.54. The van der Waals surface area contributed by atoms with Gasteiger partial charge in [-0.25, -0.2) is 0 Å². The van der Waals surface area contributed by atoms with Crippen LogP contribution in [0.2, 0.25) is 0 Å². The molecule has 7 nitrogen and oxygen atoms in total. The highest BCUT2D eigenvalue weighted by atomic mass is 16.5. The summed E-state index contributed by atoms with van der Waals surface area (Å²) < 4.78 is 10.6. The number of amides is 1. The molecule has 0 aliphatic carbocycles. The molecule has 1 amide bonds. The van der Waals surface area contributed by atoms with E-state index in [0.29, 0.717) is 11.4 Å². The molecule has 0 N–H and O–H groups in total. The van der Waals surface area contributed by atoms with E-state index in [9.17, 15) is 14.4 Å². The molecule has 2 aromatic carbocycles. The number of allylic oxidation sites excluding steroid dienone is 1. The normalized spacial score (nSPS) is 17.6. The van der Waals surface area contributed by atoms with Gasteiger partial charge in [-0.2, -0.15) is 0 Å². The second-order valence-electron chi connectivity index (χ2n) is 8.41. The lowest BCUT2D eigenvalue weighted by atomic mass is 9.83. The Morgan fingerprint density at radius 1 is 1.09 bits per heavy atom. The van der Waals surface area contributed by atoms with E-state index in [2.05, 4.69) is 19.9 Å². The maximum absolute atomic E-state index is 12.5. The minimum Gasteiger partial charge on any atom is -0.482 e. The van der Waals surface area contributed by atoms with Crippen LogP contribution >= 0.6 is 0 Å². The van der Waals surface area contributed by atoms with Gasteiger partial charge in [0, 0.05) is 36.5 Å². The molecular weight excluding hydrogens is 408 g/mol. The van der Waals surface area contributed by atoms with Gasteiger partial charge in [-0.15, -0.1) is 0 Å². The maximum atomic E-state index is 12.5. The van der Waals surface area contributed by atoms with Crippen LogP contribution in [-0.4, -0.2) is 44.5 Å². The molecule has 0 bridgehead atoms. The summed E-state index contributed by atoms with van der Waals surface area (Å²) in [4.78, 5) is 40.5. The Morgan fingerprint density at radius 2 is 1.78 bits per heavy atom. The fourth-order valence-electron chi connectivity index (χ4n) is 4.28. The van der Waals surface area contributed by atoms with E-state index < -0.39 is 5.97 Å². The number of benzene rings is 2. The first kappa shape index (κ1) is 21.6. The van der Waals surface area contributed by atoms with Crippen LogP contribution in [-0.2, 0) is 24.5 Å². The number of rotatable bonds is 6. The van der Waals surface area contributed by atoms with Gasteiger partial charge in [0.2, 0.25) is 0 Å². The maximum Gasteiger partial charge on any atom is 0.308 e. The number of ketones is 1. The zero-order valence-corrected chi connectivity index (χ0v) is 18.5. The van der Waals surface area contributed by atoms with Gasteiger partial charge < -0.3 is 19.3 Å². The average molecular weight is 434 g/mol. The Labute approximate surface area is 187 Å². The Kier molecular flexibility index (Phi) is 5.74. The number of anilines is 2. The first-order valence-electron chi connectivity index (χ1n) is 10.5. The third-order valence-corrected chi connectivity index (χ3v) is 5.96. The van der Waals surface area contributed by atoms with Crippen molar-refractivity contribution < 1.29 is 23.9 Å². The molecule has 32 heavy (non-hydrogen) atoms. The fraction of sp³-hybridized carbons (Fsp3) is 0.320. The van der Waals surface area contributed by atoms with Crippen molar-refractivity contribution in [2.45, 2.75) is 25.7 Å². The highest BCUT2D eigenvalue weighted by Crippen LogP contribution is 2.46. The number of nitrogens with zero attached hydrogens (tertiary/aromatic N) is 2. The number of esters is 1. The van der Waals surface area contributed by atoms with E-state index in [4.69, 9.17) is 9.47 Å². The van der Waals surface area contributed by atoms with Crippen LogP contribution in [0.5, 0.6) is 5.75 Å². The second kappa shape index (κ2) is 8.49. The molecule has 2 aliphatic rings. The molecule has 0 aromatic heterocycles. The molecule has 0 fully saturated rings. The van der Waals surface area contributed by atoms with Crippen molar-refractivity contribution in [1.82, 2.24) is 0 Å². The third-order valence-electron chi connectivity index (χ3n) is 5.96. The highest BCUT2D eigenvalue weighted by Gasteiger charge is 2.38. The Balaban J connectivity index is 1.34. The van der Waals surface area contributed by atoms with E-state index in [0.717, 1.165) is 16.9 Å². The zero-order valence-electron chi connectivity index (χ0n) is 18.5. The van der Waals surface area contributed by atoms with E-state index in [1.54, 1.807) is 24.3 Å². The average Bonchev–Trinajstić information content (AvgIpc) is 2.98. The third kappa shape index (κ3) is 3.98. The lowest BCUT2D eigenvalue weighted by Crippen LogP contribution is -2.40. The summed E-state index contributed by atoms with van der Waals surface area (Å²) >= 11 is 0. The molecular formula is C25H26N2O5. The van der Waals surface area contributed by atoms with Gasteiger partial charge in [-0.3, -0.25) is 14.4 Å². The highest BCUT2D eigenvalue weighted by molar-refractivity contribution is 5.98. The van der Waals surface area contributed by atoms with Gasteiger partial charge in [-0.1, -0.05) is 44.2 Å². The summed E-state index contributed by atoms with van der Waals surface area (Å²) in [5.41, 5.74) is 3.37. The van der Waals surface area contributed by atoms with E-state index in [1.165, 1.54) is 4.90 Å². The molecule has 0 saturated heterocycles. The van der Waals surface area contributed by atoms with Gasteiger partial charge in [0.25, 0.3) is 5.91 Å². The van der Waals surface area contributed by atoms with Crippen molar-refractivity contribution in [3.8, 4) is 5.75 Å². The standard InChI is InChI=1S/C25H26N2O5/c1-25(2)18-8-4-5-9-19(18)26(3)22(25)14-17(28)15-32-24(30)12-13-27-20-10-6-7-11-21(20)31-16-23(27)29/h4-11,14H,12-13,15-16H2,1-3H3/b22-14-. The van der Waals surface area contributed by atoms with Gasteiger partial charge >= 0.3 is 5.97 Å². The predicted octanol–water partition coefficient (Wildman–Crippen LogP) is 3.23. The van der Waals surface area contributed by atoms with E-state index >= 15 is 0 Å². The Morgan fingerprint density at radius 3 is 2.53 bits per heavy atom. The topological polar surface area (TPSA) is 76.2 Å². The molecule has 4 rings (SSSR count). The summed E-state index contributed by atoms with van der Waals surface area (Å²) in [7, 11) is 1.93. The number of carbonyl (C=O) groups is 3. The van der Waals surface area contributed by atoms with Gasteiger partial charge in [0.1, 0.15) is 5.75 Å². The van der Waals surface area contributed by atoms with Gasteiger partial charge in [0.05, 0.1) is 12.1 Å². The van der Waals surface area contributed by atoms with Crippen molar-refractivity contribution in [2.75, 3.05) is 36.6 Å². The summed E-state index contributed by atoms with van der Waals surface area (Å²) in [6.45, 7) is 3.90. The van der Waals surface area contributed by atoms with Crippen LogP contribution in [0.15, 0.2) is 60.3 Å². The molecule has 2 heterocycles. The van der Waals surface area contributed by atoms with Crippen molar-refractivity contribution in [2.24, 2.45) is 0 Å². The quantitative estimate of drug-likeness (QED) is 0.513. The molecule has 2 aliphatic heterocycles. The smallest absolute Gasteiger partial charge is 0.308 e. The van der Waals surface area contributed by atoms with Crippen LogP contribution in [0.25, 0.3) is 0 Å². The zero-order chi connectivity index (χ0) is 22.9. The lowest BCUT2D eigenvalue weighted by Gasteiger charge is -2.28. The van der Waals surface area contributed by atoms with Crippen molar-refractivity contribution in [3.05, 3.63) is 65.9 Å². The fourth-order valence-corrected chi connectivity index (χ4v) is 4.28. The number of ether oxygens (including phenoxy) is 2. The van der Waals surface area contributed by atoms with E-state index in [1.807, 2.05) is 36.2 Å². The van der Waals surface area contributed by atoms with Crippen molar-refractivity contribution in [1.29, 1.82) is 0 Å². The number of fused-ring (bicyclic) bond motifs is 2. The molecule has 0 saturated carbocycles. The van der Waals surface area contributed by atoms with Gasteiger partial charge in [-0.05, 0) is 23.8 Å². The molecule has 0 radical (unpaired) electrons. The monoisotopic (exact) mass is 434 g/mol. The number of likely N-dealkylation sites (N-methyl/N-ethyl adjacent to an activating group) is 1. The molecule has 7 heteroatoms. The molecule has 2 aromatic rings. The van der Waals surface area contributed by atoms with Crippen LogP contribution in [0.3, 0.4) is 0 Å². The Bertz CT molecular complexity index is 1110. The number of hydrogen-bond donors (Lipinski definition) is 0. The minimum absolute atomic E-state index is 0.0131. The minimum atomic E-state index is -0.532. The van der Waals surface area contributed by atoms with Gasteiger partial charge in [0.15, 0.2) is 19.0 Å². The summed E-state index contributed by atoms with van der Waals surface area (Å²) in [6, 6.07) is 15.2. The summed E-state index contributed by atoms with van der Waals surface area (Å²) in [5.74, 6) is -0.431. The number of para-hydroxylation sites is 3. The lowest BCUT2D eigenvalue weighted by molar-refractivity contribution is -0.146. The molecule has 166 valence electrons. The number of hydrogen-bond acceptors (Lipinski definition) is 6. The predicted molar refractivity (Wildman–Crippen MR) is 121 cm³/mol. The van der Waals surface area contributed by atoms with Crippen LogP contribution in [0, 0.1) is 0 Å².